The normalized spacial score (nSPS) is 15.8. The smallest absolute Gasteiger partial charge is 0.293 e. The first-order chi connectivity index (χ1) is 9.83. The molecule has 1 aliphatic heterocycles. The molecular weight excluding hydrogens is 290 g/mol. The Hall–Kier alpha value is -1.26. The Kier molecular flexibility index (Phi) is 6.99. The van der Waals surface area contributed by atoms with Crippen molar-refractivity contribution in [3.63, 3.8) is 0 Å². The summed E-state index contributed by atoms with van der Waals surface area (Å²) in [6, 6.07) is 5.29. The molecular formula is C16H24ClNO3. The molecule has 0 spiro atoms. The van der Waals surface area contributed by atoms with Gasteiger partial charge in [-0.1, -0.05) is 11.6 Å². The molecule has 0 radical (unpaired) electrons. The van der Waals surface area contributed by atoms with E-state index in [1.165, 1.54) is 0 Å². The number of benzene rings is 1. The van der Waals surface area contributed by atoms with Crippen LogP contribution in [-0.2, 0) is 9.53 Å². The summed E-state index contributed by atoms with van der Waals surface area (Å²) in [6.45, 7) is 7.97. The highest BCUT2D eigenvalue weighted by molar-refractivity contribution is 6.30. The van der Waals surface area contributed by atoms with E-state index >= 15 is 0 Å². The molecule has 1 aromatic carbocycles. The first-order valence-electron chi connectivity index (χ1n) is 7.14. The number of nitrogens with one attached hydrogen (secondary N) is 1. The van der Waals surface area contributed by atoms with Gasteiger partial charge in [0.05, 0.1) is 0 Å². The maximum Gasteiger partial charge on any atom is 0.293 e. The highest BCUT2D eigenvalue weighted by Gasteiger charge is 2.18. The van der Waals surface area contributed by atoms with Crippen LogP contribution in [0.4, 0.5) is 0 Å². The van der Waals surface area contributed by atoms with E-state index in [1.807, 2.05) is 26.8 Å². The summed E-state index contributed by atoms with van der Waals surface area (Å²) in [4.78, 5) is 9.60. The number of phenolic OH excluding ortho intramolecular Hbond substituents is 1. The average molecular weight is 314 g/mol. The largest absolute Gasteiger partial charge is 0.508 e. The minimum absolute atomic E-state index is 0.318. The van der Waals surface area contributed by atoms with Gasteiger partial charge in [0.2, 0.25) is 0 Å². The highest BCUT2D eigenvalue weighted by atomic mass is 35.5. The number of halogens is 1. The number of piperidine rings is 1. The molecule has 0 amide bonds. The fraction of sp³-hybridized carbons (Fsp3) is 0.562. The number of rotatable bonds is 2. The Morgan fingerprint density at radius 3 is 2.43 bits per heavy atom. The van der Waals surface area contributed by atoms with E-state index in [9.17, 15) is 9.90 Å². The lowest BCUT2D eigenvalue weighted by Crippen LogP contribution is -2.26. The number of carbonyl (C=O) groups is 1. The van der Waals surface area contributed by atoms with Crippen LogP contribution in [0.25, 0.3) is 0 Å². The van der Waals surface area contributed by atoms with Gasteiger partial charge in [0, 0.05) is 5.02 Å². The predicted molar refractivity (Wildman–Crippen MR) is 84.9 cm³/mol. The zero-order chi connectivity index (χ0) is 15.9. The minimum atomic E-state index is -0.318. The fourth-order valence-electron chi connectivity index (χ4n) is 2.13. The second-order valence-corrected chi connectivity index (χ2v) is 6.49. The van der Waals surface area contributed by atoms with Crippen LogP contribution >= 0.6 is 11.6 Å². The molecule has 1 heterocycles. The summed E-state index contributed by atoms with van der Waals surface area (Å²) in [5.74, 6) is 0.830. The van der Waals surface area contributed by atoms with Crippen molar-refractivity contribution in [2.75, 3.05) is 13.1 Å². The first-order valence-corrected chi connectivity index (χ1v) is 7.52. The molecule has 0 saturated carbocycles. The van der Waals surface area contributed by atoms with Gasteiger partial charge in [-0.15, -0.1) is 0 Å². The zero-order valence-corrected chi connectivity index (χ0v) is 13.6. The van der Waals surface area contributed by atoms with Crippen molar-refractivity contribution < 1.29 is 14.6 Å². The minimum Gasteiger partial charge on any atom is -0.508 e. The Morgan fingerprint density at radius 1 is 1.33 bits per heavy atom. The van der Waals surface area contributed by atoms with Gasteiger partial charge in [0.15, 0.2) is 0 Å². The molecule has 2 N–H and O–H groups in total. The van der Waals surface area contributed by atoms with E-state index in [4.69, 9.17) is 11.6 Å². The molecule has 0 aromatic heterocycles. The van der Waals surface area contributed by atoms with Crippen LogP contribution in [0.1, 0.15) is 45.1 Å². The van der Waals surface area contributed by atoms with Gasteiger partial charge >= 0.3 is 0 Å². The maximum atomic E-state index is 9.71. The third kappa shape index (κ3) is 6.82. The van der Waals surface area contributed by atoms with Gasteiger partial charge in [-0.05, 0) is 76.4 Å². The summed E-state index contributed by atoms with van der Waals surface area (Å²) in [5, 5.41) is 13.7. The highest BCUT2D eigenvalue weighted by Crippen LogP contribution is 2.33. The summed E-state index contributed by atoms with van der Waals surface area (Å²) < 4.78 is 4.55. The SMILES string of the molecule is CC(C)(C)OC=O.Oc1ccc(Cl)cc1C1CCNCC1. The van der Waals surface area contributed by atoms with Crippen molar-refractivity contribution in [2.45, 2.75) is 45.1 Å². The molecule has 1 aromatic rings. The van der Waals surface area contributed by atoms with Crippen molar-refractivity contribution in [1.29, 1.82) is 0 Å². The van der Waals surface area contributed by atoms with E-state index in [-0.39, 0.29) is 5.60 Å². The summed E-state index contributed by atoms with van der Waals surface area (Å²) >= 11 is 5.91. The number of carbonyl (C=O) groups excluding carboxylic acids is 1. The number of ether oxygens (including phenoxy) is 1. The molecule has 118 valence electrons. The molecule has 0 atom stereocenters. The Labute approximate surface area is 131 Å². The second-order valence-electron chi connectivity index (χ2n) is 6.05. The first kappa shape index (κ1) is 17.8. The Bertz CT molecular complexity index is 451. The molecule has 2 rings (SSSR count). The predicted octanol–water partition coefficient (Wildman–Crippen LogP) is 3.47. The van der Waals surface area contributed by atoms with Crippen molar-refractivity contribution in [3.8, 4) is 5.75 Å². The Balaban J connectivity index is 0.000000270. The van der Waals surface area contributed by atoms with Crippen molar-refractivity contribution in [1.82, 2.24) is 5.32 Å². The van der Waals surface area contributed by atoms with Crippen LogP contribution in [-0.4, -0.2) is 30.3 Å². The summed E-state index contributed by atoms with van der Waals surface area (Å²) in [6.07, 6.45) is 2.15. The van der Waals surface area contributed by atoms with Crippen LogP contribution in [0.15, 0.2) is 18.2 Å². The van der Waals surface area contributed by atoms with E-state index in [0.29, 0.717) is 23.2 Å². The lowest BCUT2D eigenvalue weighted by Gasteiger charge is -2.23. The fourth-order valence-corrected chi connectivity index (χ4v) is 2.31. The summed E-state index contributed by atoms with van der Waals surface area (Å²) in [5.41, 5.74) is 0.681. The Morgan fingerprint density at radius 2 is 1.95 bits per heavy atom. The molecule has 1 saturated heterocycles. The second kappa shape index (κ2) is 8.25. The van der Waals surface area contributed by atoms with Gasteiger partial charge < -0.3 is 15.2 Å². The molecule has 21 heavy (non-hydrogen) atoms. The quantitative estimate of drug-likeness (QED) is 0.821. The van der Waals surface area contributed by atoms with Gasteiger partial charge in [-0.25, -0.2) is 0 Å². The van der Waals surface area contributed by atoms with Crippen molar-refractivity contribution in [3.05, 3.63) is 28.8 Å². The van der Waals surface area contributed by atoms with Crippen molar-refractivity contribution >= 4 is 18.1 Å². The van der Waals surface area contributed by atoms with E-state index in [0.717, 1.165) is 31.5 Å². The monoisotopic (exact) mass is 313 g/mol. The van der Waals surface area contributed by atoms with Crippen LogP contribution in [0.3, 0.4) is 0 Å². The van der Waals surface area contributed by atoms with Crippen LogP contribution in [0.5, 0.6) is 5.75 Å². The average Bonchev–Trinajstić information content (AvgIpc) is 2.42. The van der Waals surface area contributed by atoms with Gasteiger partial charge in [-0.3, -0.25) is 4.79 Å². The standard InChI is InChI=1S/C11H14ClNO.C5H10O2/c12-9-1-2-11(14)10(7-9)8-3-5-13-6-4-8;1-5(2,3)7-4-6/h1-2,7-8,13-14H,3-6H2;4H,1-3H3. The van der Waals surface area contributed by atoms with Crippen LogP contribution < -0.4 is 5.32 Å². The third-order valence-electron chi connectivity index (χ3n) is 3.17. The van der Waals surface area contributed by atoms with Gasteiger partial charge in [0.25, 0.3) is 6.47 Å². The lowest BCUT2D eigenvalue weighted by atomic mass is 9.90. The zero-order valence-electron chi connectivity index (χ0n) is 12.9. The van der Waals surface area contributed by atoms with Crippen LogP contribution in [0, 0.1) is 0 Å². The number of phenols is 1. The van der Waals surface area contributed by atoms with E-state index in [2.05, 4.69) is 10.1 Å². The van der Waals surface area contributed by atoms with Crippen molar-refractivity contribution in [2.24, 2.45) is 0 Å². The molecule has 0 aliphatic carbocycles. The maximum absolute atomic E-state index is 9.71. The van der Waals surface area contributed by atoms with E-state index < -0.39 is 0 Å². The lowest BCUT2D eigenvalue weighted by molar-refractivity contribution is -0.138. The van der Waals surface area contributed by atoms with Gasteiger partial charge in [0.1, 0.15) is 11.4 Å². The van der Waals surface area contributed by atoms with Gasteiger partial charge in [-0.2, -0.15) is 0 Å². The molecule has 0 unspecified atom stereocenters. The number of hydrogen-bond donors (Lipinski definition) is 2. The summed E-state index contributed by atoms with van der Waals surface area (Å²) in [7, 11) is 0. The molecule has 0 bridgehead atoms. The molecule has 4 nitrogen and oxygen atoms in total. The topological polar surface area (TPSA) is 58.6 Å². The molecule has 5 heteroatoms. The van der Waals surface area contributed by atoms with E-state index in [1.54, 1.807) is 12.1 Å². The number of aromatic hydroxyl groups is 1. The van der Waals surface area contributed by atoms with Crippen LogP contribution in [0.2, 0.25) is 5.02 Å². The molecule has 1 aliphatic rings. The molecule has 1 fully saturated rings. The third-order valence-corrected chi connectivity index (χ3v) is 3.41. The number of hydrogen-bond acceptors (Lipinski definition) is 4.